The number of carbonyl (C=O) groups is 1. The van der Waals surface area contributed by atoms with E-state index >= 15 is 0 Å². The summed E-state index contributed by atoms with van der Waals surface area (Å²) in [4.78, 5) is 15.1. The van der Waals surface area contributed by atoms with Crippen LogP contribution in [0.3, 0.4) is 0 Å². The molecule has 0 aliphatic heterocycles. The molecule has 0 saturated heterocycles. The van der Waals surface area contributed by atoms with Crippen molar-refractivity contribution in [2.75, 3.05) is 5.32 Å². The summed E-state index contributed by atoms with van der Waals surface area (Å²) in [6, 6.07) is 8.42. The number of nitrogens with zero attached hydrogens (tertiary/aromatic N) is 1. The monoisotopic (exact) mass is 349 g/mol. The second kappa shape index (κ2) is 6.32. The number of amides is 1. The third-order valence-corrected chi connectivity index (χ3v) is 3.57. The third kappa shape index (κ3) is 3.09. The molecule has 1 amide bonds. The molecule has 0 saturated carbocycles. The number of anilines is 1. The zero-order valence-corrected chi connectivity index (χ0v) is 12.8. The van der Waals surface area contributed by atoms with E-state index in [9.17, 15) is 18.0 Å². The van der Waals surface area contributed by atoms with Gasteiger partial charge in [0.05, 0.1) is 0 Å². The zero-order chi connectivity index (χ0) is 17.3. The van der Waals surface area contributed by atoms with Crippen LogP contribution in [0.4, 0.5) is 18.9 Å². The Hall–Kier alpha value is -2.87. The molecule has 0 bridgehead atoms. The number of aromatic amines is 1. The lowest BCUT2D eigenvalue weighted by atomic mass is 10.2. The number of nitrogens with one attached hydrogen (secondary N) is 2. The lowest BCUT2D eigenvalue weighted by Gasteiger charge is -2.09. The first-order chi connectivity index (χ1) is 11.5. The van der Waals surface area contributed by atoms with Crippen molar-refractivity contribution in [1.82, 2.24) is 9.55 Å². The molecule has 0 radical (unpaired) electrons. The average Bonchev–Trinajstić information content (AvgIpc) is 2.93. The molecule has 4 nitrogen and oxygen atoms in total. The predicted molar refractivity (Wildman–Crippen MR) is 85.2 cm³/mol. The average molecular weight is 349 g/mol. The van der Waals surface area contributed by atoms with Gasteiger partial charge in [-0.3, -0.25) is 9.36 Å². The Morgan fingerprint density at radius 3 is 2.42 bits per heavy atom. The fourth-order valence-corrected chi connectivity index (χ4v) is 2.41. The van der Waals surface area contributed by atoms with Crippen LogP contribution in [0.5, 0.6) is 0 Å². The van der Waals surface area contributed by atoms with Gasteiger partial charge in [0.25, 0.3) is 5.91 Å². The second-order valence-electron chi connectivity index (χ2n) is 4.87. The third-order valence-electron chi connectivity index (χ3n) is 3.27. The molecule has 0 aliphatic carbocycles. The van der Waals surface area contributed by atoms with E-state index < -0.39 is 23.4 Å². The largest absolute Gasteiger partial charge is 0.336 e. The molecule has 2 N–H and O–H groups in total. The van der Waals surface area contributed by atoms with Crippen LogP contribution >= 0.6 is 12.2 Å². The van der Waals surface area contributed by atoms with E-state index in [1.165, 1.54) is 41.1 Å². The Kier molecular flexibility index (Phi) is 4.22. The van der Waals surface area contributed by atoms with Gasteiger partial charge in [0, 0.05) is 23.6 Å². The smallest absolute Gasteiger partial charge is 0.274 e. The highest BCUT2D eigenvalue weighted by Gasteiger charge is 2.15. The Labute approximate surface area is 139 Å². The number of benzene rings is 2. The Morgan fingerprint density at radius 2 is 1.75 bits per heavy atom. The second-order valence-corrected chi connectivity index (χ2v) is 5.26. The summed E-state index contributed by atoms with van der Waals surface area (Å²) in [6.45, 7) is 0. The van der Waals surface area contributed by atoms with E-state index in [-0.39, 0.29) is 16.2 Å². The van der Waals surface area contributed by atoms with Crippen molar-refractivity contribution in [2.45, 2.75) is 0 Å². The van der Waals surface area contributed by atoms with Gasteiger partial charge >= 0.3 is 0 Å². The van der Waals surface area contributed by atoms with Crippen LogP contribution in [0.2, 0.25) is 0 Å². The molecule has 8 heteroatoms. The molecule has 3 rings (SSSR count). The van der Waals surface area contributed by atoms with Crippen LogP contribution in [0.1, 0.15) is 10.5 Å². The van der Waals surface area contributed by atoms with Gasteiger partial charge in [-0.1, -0.05) is 0 Å². The van der Waals surface area contributed by atoms with Crippen LogP contribution in [0.25, 0.3) is 5.69 Å². The van der Waals surface area contributed by atoms with Crippen LogP contribution < -0.4 is 5.32 Å². The van der Waals surface area contributed by atoms with Crippen molar-refractivity contribution in [2.24, 2.45) is 0 Å². The topological polar surface area (TPSA) is 49.8 Å². The molecule has 0 spiro atoms. The predicted octanol–water partition coefficient (Wildman–Crippen LogP) is 4.20. The number of hydrogen-bond donors (Lipinski definition) is 2. The highest BCUT2D eigenvalue weighted by molar-refractivity contribution is 7.71. The lowest BCUT2D eigenvalue weighted by Crippen LogP contribution is -2.16. The molecule has 0 atom stereocenters. The number of imidazole rings is 1. The van der Waals surface area contributed by atoms with Crippen LogP contribution in [0, 0.1) is 22.2 Å². The van der Waals surface area contributed by atoms with Crippen molar-refractivity contribution < 1.29 is 18.0 Å². The molecule has 3 aromatic rings. The van der Waals surface area contributed by atoms with E-state index in [2.05, 4.69) is 10.3 Å². The van der Waals surface area contributed by atoms with Gasteiger partial charge in [0.1, 0.15) is 11.5 Å². The number of aromatic nitrogens is 2. The van der Waals surface area contributed by atoms with Gasteiger partial charge in [-0.25, -0.2) is 13.2 Å². The van der Waals surface area contributed by atoms with Crippen molar-refractivity contribution in [3.63, 3.8) is 0 Å². The van der Waals surface area contributed by atoms with Crippen molar-refractivity contribution in [1.29, 1.82) is 0 Å². The summed E-state index contributed by atoms with van der Waals surface area (Å²) in [5.74, 6) is -3.09. The number of hydrogen-bond acceptors (Lipinski definition) is 2. The lowest BCUT2D eigenvalue weighted by molar-refractivity contribution is 0.102. The standard InChI is InChI=1S/C16H10F3N3OS/c17-9-1-4-11(5-2-9)22-14(8-20-16(22)24)15(23)21-10-3-6-12(18)13(19)7-10/h1-8H,(H,20,24)(H,21,23). The normalized spacial score (nSPS) is 10.6. The summed E-state index contributed by atoms with van der Waals surface area (Å²) >= 11 is 5.13. The zero-order valence-electron chi connectivity index (χ0n) is 12.0. The molecule has 24 heavy (non-hydrogen) atoms. The van der Waals surface area contributed by atoms with Crippen LogP contribution in [-0.2, 0) is 0 Å². The van der Waals surface area contributed by atoms with Gasteiger partial charge in [0.2, 0.25) is 0 Å². The maximum absolute atomic E-state index is 13.2. The van der Waals surface area contributed by atoms with E-state index in [0.717, 1.165) is 12.1 Å². The van der Waals surface area contributed by atoms with Gasteiger partial charge < -0.3 is 10.3 Å². The first kappa shape index (κ1) is 16.0. The molecule has 1 aromatic heterocycles. The number of carbonyl (C=O) groups excluding carboxylic acids is 1. The summed E-state index contributed by atoms with van der Waals surface area (Å²) < 4.78 is 40.9. The maximum atomic E-state index is 13.2. The SMILES string of the molecule is O=C(Nc1ccc(F)c(F)c1)c1c[nH]c(=S)n1-c1ccc(F)cc1. The molecule has 122 valence electrons. The maximum Gasteiger partial charge on any atom is 0.274 e. The van der Waals surface area contributed by atoms with Crippen LogP contribution in [-0.4, -0.2) is 15.5 Å². The van der Waals surface area contributed by atoms with Crippen molar-refractivity contribution in [3.05, 3.63) is 76.6 Å². The summed E-state index contributed by atoms with van der Waals surface area (Å²) in [7, 11) is 0. The number of halogens is 3. The number of H-pyrrole nitrogens is 1. The van der Waals surface area contributed by atoms with E-state index in [1.54, 1.807) is 0 Å². The van der Waals surface area contributed by atoms with E-state index in [4.69, 9.17) is 12.2 Å². The van der Waals surface area contributed by atoms with E-state index in [1.807, 2.05) is 0 Å². The Morgan fingerprint density at radius 1 is 1.04 bits per heavy atom. The molecule has 2 aromatic carbocycles. The van der Waals surface area contributed by atoms with Crippen molar-refractivity contribution >= 4 is 23.8 Å². The first-order valence-electron chi connectivity index (χ1n) is 6.78. The van der Waals surface area contributed by atoms with Crippen LogP contribution in [0.15, 0.2) is 48.7 Å². The molecule has 0 unspecified atom stereocenters. The minimum atomic E-state index is -1.07. The molecule has 0 fully saturated rings. The van der Waals surface area contributed by atoms with E-state index in [0.29, 0.717) is 5.69 Å². The molecular weight excluding hydrogens is 339 g/mol. The minimum Gasteiger partial charge on any atom is -0.336 e. The molecule has 0 aliphatic rings. The fourth-order valence-electron chi connectivity index (χ4n) is 2.15. The van der Waals surface area contributed by atoms with Gasteiger partial charge in [-0.05, 0) is 48.6 Å². The fraction of sp³-hybridized carbons (Fsp3) is 0. The highest BCUT2D eigenvalue weighted by Crippen LogP contribution is 2.17. The van der Waals surface area contributed by atoms with Crippen molar-refractivity contribution in [3.8, 4) is 5.69 Å². The highest BCUT2D eigenvalue weighted by atomic mass is 32.1. The quantitative estimate of drug-likeness (QED) is 0.696. The van der Waals surface area contributed by atoms with Gasteiger partial charge in [0.15, 0.2) is 16.4 Å². The van der Waals surface area contributed by atoms with Gasteiger partial charge in [-0.15, -0.1) is 0 Å². The molecular formula is C16H10F3N3OS. The summed E-state index contributed by atoms with van der Waals surface area (Å²) in [5, 5.41) is 2.45. The number of rotatable bonds is 3. The summed E-state index contributed by atoms with van der Waals surface area (Å²) in [6.07, 6.45) is 1.38. The first-order valence-corrected chi connectivity index (χ1v) is 7.19. The molecule has 1 heterocycles. The Bertz CT molecular complexity index is 963. The Balaban J connectivity index is 1.95. The van der Waals surface area contributed by atoms with Gasteiger partial charge in [-0.2, -0.15) is 0 Å². The minimum absolute atomic E-state index is 0.0941. The summed E-state index contributed by atoms with van der Waals surface area (Å²) in [5.41, 5.74) is 0.714.